The van der Waals surface area contributed by atoms with Gasteiger partial charge in [0.2, 0.25) is 5.95 Å². The van der Waals surface area contributed by atoms with Crippen molar-refractivity contribution >= 4 is 17.6 Å². The Hall–Kier alpha value is -3.35. The second kappa shape index (κ2) is 9.02. The lowest BCUT2D eigenvalue weighted by Gasteiger charge is -2.20. The number of aromatic amines is 1. The SMILES string of the molecule is FC1(F)CCN(c2nc(Nc3cc(C(F)(F)F)ccn3)cc(C3CCN(Cc4ncc[nH]4)C3)n2)C1. The molecule has 2 aliphatic heterocycles. The topological polar surface area (TPSA) is 85.9 Å². The number of nitrogens with one attached hydrogen (secondary N) is 2. The number of imidazole rings is 1. The van der Waals surface area contributed by atoms with Crippen molar-refractivity contribution in [2.45, 2.75) is 37.4 Å². The second-order valence-corrected chi connectivity index (χ2v) is 8.81. The Labute approximate surface area is 197 Å². The van der Waals surface area contributed by atoms with Crippen molar-refractivity contribution in [2.24, 2.45) is 0 Å². The molecule has 2 saturated heterocycles. The molecule has 0 amide bonds. The molecule has 0 aromatic carbocycles. The van der Waals surface area contributed by atoms with Crippen LogP contribution in [0.15, 0.2) is 36.8 Å². The van der Waals surface area contributed by atoms with Gasteiger partial charge in [0.15, 0.2) is 0 Å². The van der Waals surface area contributed by atoms with Crippen LogP contribution in [0.4, 0.5) is 39.5 Å². The molecule has 5 heterocycles. The number of pyridine rings is 1. The average Bonchev–Trinajstić information content (AvgIpc) is 3.55. The highest BCUT2D eigenvalue weighted by Gasteiger charge is 2.40. The molecule has 0 radical (unpaired) electrons. The lowest BCUT2D eigenvalue weighted by molar-refractivity contribution is -0.137. The van der Waals surface area contributed by atoms with Gasteiger partial charge in [0.1, 0.15) is 17.5 Å². The summed E-state index contributed by atoms with van der Waals surface area (Å²) in [5.74, 6) is -1.72. The van der Waals surface area contributed by atoms with Crippen molar-refractivity contribution in [3.8, 4) is 0 Å². The molecule has 0 aliphatic carbocycles. The van der Waals surface area contributed by atoms with E-state index in [0.29, 0.717) is 18.8 Å². The predicted octanol–water partition coefficient (Wildman–Crippen LogP) is 4.19. The van der Waals surface area contributed by atoms with E-state index >= 15 is 0 Å². The summed E-state index contributed by atoms with van der Waals surface area (Å²) in [7, 11) is 0. The highest BCUT2D eigenvalue weighted by molar-refractivity contribution is 5.55. The van der Waals surface area contributed by atoms with Crippen LogP contribution in [0.25, 0.3) is 0 Å². The van der Waals surface area contributed by atoms with Crippen molar-refractivity contribution in [1.29, 1.82) is 0 Å². The maximum atomic E-state index is 13.9. The van der Waals surface area contributed by atoms with Crippen molar-refractivity contribution in [2.75, 3.05) is 36.4 Å². The molecule has 5 rings (SSSR count). The van der Waals surface area contributed by atoms with E-state index in [1.165, 1.54) is 4.90 Å². The molecule has 2 fully saturated rings. The first-order valence-corrected chi connectivity index (χ1v) is 11.2. The van der Waals surface area contributed by atoms with Gasteiger partial charge >= 0.3 is 6.18 Å². The van der Waals surface area contributed by atoms with E-state index < -0.39 is 24.2 Å². The summed E-state index contributed by atoms with van der Waals surface area (Å²) in [6.07, 6.45) is 0.451. The first-order valence-electron chi connectivity index (χ1n) is 11.2. The Bertz CT molecular complexity index is 1170. The van der Waals surface area contributed by atoms with Crippen LogP contribution in [0.2, 0.25) is 0 Å². The van der Waals surface area contributed by atoms with Crippen LogP contribution in [0, 0.1) is 0 Å². The number of anilines is 3. The van der Waals surface area contributed by atoms with E-state index in [2.05, 4.69) is 35.1 Å². The molecule has 8 nitrogen and oxygen atoms in total. The molecule has 0 spiro atoms. The van der Waals surface area contributed by atoms with Crippen LogP contribution in [-0.2, 0) is 12.7 Å². The molecule has 3 aromatic heterocycles. The molecule has 3 aromatic rings. The normalized spacial score (nSPS) is 20.5. The minimum atomic E-state index is -4.52. The quantitative estimate of drug-likeness (QED) is 0.497. The van der Waals surface area contributed by atoms with Gasteiger partial charge in [-0.2, -0.15) is 18.2 Å². The zero-order valence-electron chi connectivity index (χ0n) is 18.6. The van der Waals surface area contributed by atoms with Crippen LogP contribution in [-0.4, -0.2) is 61.9 Å². The maximum Gasteiger partial charge on any atom is 0.416 e. The van der Waals surface area contributed by atoms with Crippen LogP contribution in [0.5, 0.6) is 0 Å². The van der Waals surface area contributed by atoms with Crippen LogP contribution in [0.3, 0.4) is 0 Å². The molecule has 2 N–H and O–H groups in total. The molecular formula is C22H23F5N8. The van der Waals surface area contributed by atoms with Gasteiger partial charge in [-0.25, -0.2) is 23.7 Å². The highest BCUT2D eigenvalue weighted by atomic mass is 19.4. The maximum absolute atomic E-state index is 13.9. The van der Waals surface area contributed by atoms with E-state index in [9.17, 15) is 22.0 Å². The number of rotatable bonds is 6. The lowest BCUT2D eigenvalue weighted by atomic mass is 10.0. The number of aromatic nitrogens is 5. The Kier molecular flexibility index (Phi) is 6.03. The number of H-pyrrole nitrogens is 1. The Morgan fingerprint density at radius 2 is 1.94 bits per heavy atom. The minimum absolute atomic E-state index is 0.00449. The zero-order valence-corrected chi connectivity index (χ0v) is 18.6. The molecule has 186 valence electrons. The second-order valence-electron chi connectivity index (χ2n) is 8.81. The Morgan fingerprint density at radius 1 is 1.09 bits per heavy atom. The van der Waals surface area contributed by atoms with Gasteiger partial charge < -0.3 is 15.2 Å². The predicted molar refractivity (Wildman–Crippen MR) is 118 cm³/mol. The van der Waals surface area contributed by atoms with Gasteiger partial charge in [0.05, 0.1) is 24.3 Å². The van der Waals surface area contributed by atoms with Crippen LogP contribution >= 0.6 is 0 Å². The van der Waals surface area contributed by atoms with Gasteiger partial charge in [-0.1, -0.05) is 0 Å². The fraction of sp³-hybridized carbons (Fsp3) is 0.455. The van der Waals surface area contributed by atoms with Crippen molar-refractivity contribution < 1.29 is 22.0 Å². The van der Waals surface area contributed by atoms with E-state index in [1.54, 1.807) is 18.5 Å². The summed E-state index contributed by atoms with van der Waals surface area (Å²) in [6, 6.07) is 3.41. The fourth-order valence-electron chi connectivity index (χ4n) is 4.39. The largest absolute Gasteiger partial charge is 0.416 e. The highest BCUT2D eigenvalue weighted by Crippen LogP contribution is 2.34. The minimum Gasteiger partial charge on any atom is -0.348 e. The summed E-state index contributed by atoms with van der Waals surface area (Å²) in [4.78, 5) is 23.8. The van der Waals surface area contributed by atoms with E-state index in [4.69, 9.17) is 0 Å². The zero-order chi connectivity index (χ0) is 24.6. The van der Waals surface area contributed by atoms with Gasteiger partial charge in [0, 0.05) is 50.1 Å². The first kappa shape index (κ1) is 23.4. The third kappa shape index (κ3) is 5.50. The average molecular weight is 494 g/mol. The van der Waals surface area contributed by atoms with E-state index in [0.717, 1.165) is 37.1 Å². The van der Waals surface area contributed by atoms with E-state index in [-0.39, 0.29) is 36.5 Å². The standard InChI is InChI=1S/C22H23F5N8/c23-21(24)3-8-35(13-21)20-31-16(14-2-7-34(11-14)12-19-29-5-6-30-19)10-18(33-20)32-17-9-15(1-4-28-17)22(25,26)27/h1,4-6,9-10,14H,2-3,7-8,11-13H2,(H,29,30)(H,28,31,32,33). The number of alkyl halides is 5. The van der Waals surface area contributed by atoms with Gasteiger partial charge in [-0.3, -0.25) is 4.90 Å². The number of hydrogen-bond donors (Lipinski definition) is 2. The number of hydrogen-bond acceptors (Lipinski definition) is 7. The van der Waals surface area contributed by atoms with Crippen LogP contribution in [0.1, 0.15) is 35.8 Å². The lowest BCUT2D eigenvalue weighted by Crippen LogP contribution is -2.27. The molecule has 0 bridgehead atoms. The fourth-order valence-corrected chi connectivity index (χ4v) is 4.39. The summed E-state index contributed by atoms with van der Waals surface area (Å²) in [5, 5.41) is 2.81. The smallest absolute Gasteiger partial charge is 0.348 e. The van der Waals surface area contributed by atoms with Gasteiger partial charge in [-0.15, -0.1) is 0 Å². The van der Waals surface area contributed by atoms with Crippen molar-refractivity contribution in [3.63, 3.8) is 0 Å². The number of likely N-dealkylation sites (tertiary alicyclic amines) is 1. The van der Waals surface area contributed by atoms with Crippen LogP contribution < -0.4 is 10.2 Å². The monoisotopic (exact) mass is 494 g/mol. The molecule has 1 unspecified atom stereocenters. The van der Waals surface area contributed by atoms with Gasteiger partial charge in [0.25, 0.3) is 5.92 Å². The van der Waals surface area contributed by atoms with E-state index in [1.807, 2.05) is 0 Å². The molecule has 2 aliphatic rings. The van der Waals surface area contributed by atoms with Gasteiger partial charge in [-0.05, 0) is 25.1 Å². The molecular weight excluding hydrogens is 471 g/mol. The van der Waals surface area contributed by atoms with Crippen molar-refractivity contribution in [3.05, 3.63) is 53.9 Å². The molecule has 1 atom stereocenters. The third-order valence-electron chi connectivity index (χ3n) is 6.15. The number of nitrogens with zero attached hydrogens (tertiary/aromatic N) is 6. The summed E-state index contributed by atoms with van der Waals surface area (Å²) < 4.78 is 67.1. The summed E-state index contributed by atoms with van der Waals surface area (Å²) in [6.45, 7) is 1.69. The number of halogens is 5. The Balaban J connectivity index is 1.41. The first-order chi connectivity index (χ1) is 16.6. The summed E-state index contributed by atoms with van der Waals surface area (Å²) in [5.41, 5.74) is -0.213. The third-order valence-corrected chi connectivity index (χ3v) is 6.15. The van der Waals surface area contributed by atoms with Crippen molar-refractivity contribution in [1.82, 2.24) is 29.8 Å². The Morgan fingerprint density at radius 3 is 2.66 bits per heavy atom. The summed E-state index contributed by atoms with van der Waals surface area (Å²) >= 11 is 0. The molecule has 35 heavy (non-hydrogen) atoms. The molecule has 13 heteroatoms. The molecule has 0 saturated carbocycles.